The van der Waals surface area contributed by atoms with Gasteiger partial charge >= 0.3 is 0 Å². The predicted octanol–water partition coefficient (Wildman–Crippen LogP) is 4.87. The minimum absolute atomic E-state index is 0.114. The molecule has 4 saturated heterocycles. The number of rotatable bonds is 9. The van der Waals surface area contributed by atoms with Gasteiger partial charge < -0.3 is 30.3 Å². The number of allylic oxidation sites excluding steroid dienone is 2. The second-order valence-electron chi connectivity index (χ2n) is 15.6. The van der Waals surface area contributed by atoms with Crippen LogP contribution in [0.1, 0.15) is 74.6 Å². The molecule has 3 aromatic rings. The van der Waals surface area contributed by atoms with E-state index in [0.29, 0.717) is 47.5 Å². The Morgan fingerprint density at radius 2 is 1.87 bits per heavy atom. The Labute approximate surface area is 304 Å². The highest BCUT2D eigenvalue weighted by Gasteiger charge is 2.45. The zero-order valence-electron chi connectivity index (χ0n) is 30.6. The van der Waals surface area contributed by atoms with Crippen molar-refractivity contribution in [1.29, 1.82) is 5.26 Å². The van der Waals surface area contributed by atoms with Crippen molar-refractivity contribution in [3.63, 3.8) is 0 Å². The van der Waals surface area contributed by atoms with Gasteiger partial charge in [-0.1, -0.05) is 13.3 Å². The molecule has 2 bridgehead atoms. The minimum Gasteiger partial charge on any atom is -0.401 e. The first-order valence-corrected chi connectivity index (χ1v) is 18.9. The molecule has 0 spiro atoms. The van der Waals surface area contributed by atoms with Crippen LogP contribution < -0.4 is 15.5 Å². The molecule has 4 fully saturated rings. The van der Waals surface area contributed by atoms with E-state index in [9.17, 15) is 10.4 Å². The topological polar surface area (TPSA) is 131 Å². The number of pyridine rings is 1. The molecule has 8 rings (SSSR count). The van der Waals surface area contributed by atoms with Crippen molar-refractivity contribution < 1.29 is 18.6 Å². The number of aliphatic hydroxyl groups is 1. The smallest absolute Gasteiger partial charge is 0.228 e. The molecule has 1 aromatic carbocycles. The lowest BCUT2D eigenvalue weighted by atomic mass is 9.88. The summed E-state index contributed by atoms with van der Waals surface area (Å²) < 4.78 is 39.2. The average molecular weight is 714 g/mol. The van der Waals surface area contributed by atoms with E-state index in [0.717, 1.165) is 82.4 Å². The van der Waals surface area contributed by atoms with Crippen molar-refractivity contribution in [3.8, 4) is 17.3 Å². The number of hydrogen-bond donors (Lipinski definition) is 2. The Morgan fingerprint density at radius 1 is 1.12 bits per heavy atom. The number of aromatic nitrogens is 3. The molecule has 5 aliphatic rings. The number of fused-ring (bicyclic) bond motifs is 6. The molecule has 2 aromatic heterocycles. The van der Waals surface area contributed by atoms with Gasteiger partial charge in [-0.15, -0.1) is 0 Å². The van der Waals surface area contributed by atoms with Crippen LogP contribution >= 0.6 is 0 Å². The number of piperazine rings is 1. The summed E-state index contributed by atoms with van der Waals surface area (Å²) in [5.41, 5.74) is 9.29. The Morgan fingerprint density at radius 3 is 2.56 bits per heavy atom. The average Bonchev–Trinajstić information content (AvgIpc) is 3.90. The summed E-state index contributed by atoms with van der Waals surface area (Å²) in [6, 6.07) is 2.90. The van der Waals surface area contributed by atoms with E-state index >= 15 is 8.78 Å². The summed E-state index contributed by atoms with van der Waals surface area (Å²) in [6.07, 6.45) is 5.81. The number of likely N-dealkylation sites (N-methyl/N-ethyl adjacent to an activating group) is 1. The Bertz CT molecular complexity index is 1970. The Kier molecular flexibility index (Phi) is 9.30. The number of hydrogen-bond acceptors (Lipinski definition) is 11. The first-order chi connectivity index (χ1) is 25.1. The summed E-state index contributed by atoms with van der Waals surface area (Å²) >= 11 is 0. The molecule has 5 atom stereocenters. The molecule has 0 aliphatic carbocycles. The number of β-amino-alcohol motifs (C(OH)–C–C–N with tert-alkyl or cyclic N) is 1. The lowest BCUT2D eigenvalue weighted by Crippen LogP contribution is -2.55. The van der Waals surface area contributed by atoms with Crippen molar-refractivity contribution in [2.24, 2.45) is 11.7 Å². The molecule has 3 N–H and O–H groups in total. The van der Waals surface area contributed by atoms with Crippen LogP contribution in [-0.4, -0.2) is 100 Å². The summed E-state index contributed by atoms with van der Waals surface area (Å²) in [7, 11) is 2.16. The fourth-order valence-corrected chi connectivity index (χ4v) is 9.63. The van der Waals surface area contributed by atoms with E-state index in [-0.39, 0.29) is 58.8 Å². The van der Waals surface area contributed by atoms with Crippen LogP contribution in [0.5, 0.6) is 0 Å². The molecule has 13 heteroatoms. The van der Waals surface area contributed by atoms with Crippen molar-refractivity contribution in [2.75, 3.05) is 56.1 Å². The predicted molar refractivity (Wildman–Crippen MR) is 196 cm³/mol. The van der Waals surface area contributed by atoms with Crippen LogP contribution in [0.2, 0.25) is 0 Å². The van der Waals surface area contributed by atoms with Crippen molar-refractivity contribution >= 4 is 28.2 Å². The molecular formula is C39H49F2N9O2. The highest BCUT2D eigenvalue weighted by Crippen LogP contribution is 2.47. The SMILES string of the molecule is CCCC/C(N)=C(/C#N)c1c(-c2c3c(c4c(N5C6CCC5CN(CC(C)O)C6)nc(N5CC6CCN(C)C6C5)nc4c2F)COC3)ncc(F)c1C. The second-order valence-corrected chi connectivity index (χ2v) is 15.6. The lowest BCUT2D eigenvalue weighted by molar-refractivity contribution is 0.111. The number of ether oxygens (including phenoxy) is 1. The van der Waals surface area contributed by atoms with Gasteiger partial charge in [-0.05, 0) is 82.2 Å². The fourth-order valence-electron chi connectivity index (χ4n) is 9.63. The molecule has 0 amide bonds. The van der Waals surface area contributed by atoms with Crippen LogP contribution in [-0.2, 0) is 18.0 Å². The Hall–Kier alpha value is -3.96. The van der Waals surface area contributed by atoms with Gasteiger partial charge in [0.15, 0.2) is 5.82 Å². The van der Waals surface area contributed by atoms with Gasteiger partial charge in [-0.2, -0.15) is 10.2 Å². The van der Waals surface area contributed by atoms with Crippen LogP contribution in [0, 0.1) is 35.8 Å². The maximum absolute atomic E-state index is 17.8. The summed E-state index contributed by atoms with van der Waals surface area (Å²) in [4.78, 5) is 24.2. The molecule has 5 unspecified atom stereocenters. The molecular weight excluding hydrogens is 664 g/mol. The molecule has 52 heavy (non-hydrogen) atoms. The number of likely N-dealkylation sites (tertiary alicyclic amines) is 2. The van der Waals surface area contributed by atoms with Gasteiger partial charge in [0.1, 0.15) is 23.2 Å². The van der Waals surface area contributed by atoms with Crippen molar-refractivity contribution in [1.82, 2.24) is 24.8 Å². The normalized spacial score (nSPS) is 25.5. The van der Waals surface area contributed by atoms with Crippen molar-refractivity contribution in [3.05, 3.63) is 45.8 Å². The van der Waals surface area contributed by atoms with Gasteiger partial charge in [-0.3, -0.25) is 9.88 Å². The Balaban J connectivity index is 1.35. The van der Waals surface area contributed by atoms with Gasteiger partial charge in [0.25, 0.3) is 0 Å². The first-order valence-electron chi connectivity index (χ1n) is 18.9. The number of benzene rings is 1. The summed E-state index contributed by atoms with van der Waals surface area (Å²) in [6.45, 7) is 10.6. The van der Waals surface area contributed by atoms with E-state index in [1.165, 1.54) is 0 Å². The van der Waals surface area contributed by atoms with E-state index in [4.69, 9.17) is 20.4 Å². The van der Waals surface area contributed by atoms with E-state index in [2.05, 4.69) is 37.7 Å². The van der Waals surface area contributed by atoms with Gasteiger partial charge in [0.2, 0.25) is 5.95 Å². The third kappa shape index (κ3) is 5.79. The monoisotopic (exact) mass is 713 g/mol. The molecule has 276 valence electrons. The number of nitrogens with zero attached hydrogens (tertiary/aromatic N) is 8. The number of anilines is 2. The van der Waals surface area contributed by atoms with Crippen LogP contribution in [0.25, 0.3) is 27.7 Å². The molecule has 0 saturated carbocycles. The second kappa shape index (κ2) is 13.8. The number of unbranched alkanes of at least 4 members (excludes halogenated alkanes) is 1. The van der Waals surface area contributed by atoms with Gasteiger partial charge in [0.05, 0.1) is 42.2 Å². The van der Waals surface area contributed by atoms with Gasteiger partial charge in [-0.25, -0.2) is 13.8 Å². The van der Waals surface area contributed by atoms with E-state index in [1.807, 2.05) is 13.8 Å². The number of aliphatic hydroxyl groups excluding tert-OH is 1. The molecule has 5 aliphatic heterocycles. The maximum atomic E-state index is 17.8. The van der Waals surface area contributed by atoms with Crippen LogP contribution in [0.4, 0.5) is 20.5 Å². The highest BCUT2D eigenvalue weighted by atomic mass is 19.1. The number of nitrogens with two attached hydrogens (primary N) is 1. The standard InChI is InChI=1S/C39H49F2N9O2/c1-5-6-7-30(43)26(12-42)32-22(3)29(40)13-44-36(32)33-27-19-52-20-28(27)34-37(35(33)41)45-39(49-15-23-10-11-47(4)31(23)18-49)46-38(34)50-24-8-9-25(50)17-48(16-24)14-21(2)51/h13,21,23-25,31,51H,5-11,14-20,43H2,1-4H3/b30-26+. The lowest BCUT2D eigenvalue weighted by Gasteiger charge is -2.43. The summed E-state index contributed by atoms with van der Waals surface area (Å²) in [5, 5.41) is 21.3. The van der Waals surface area contributed by atoms with E-state index in [1.54, 1.807) is 6.92 Å². The van der Waals surface area contributed by atoms with Crippen molar-refractivity contribution in [2.45, 2.75) is 96.7 Å². The first kappa shape index (κ1) is 35.1. The van der Waals surface area contributed by atoms with Crippen LogP contribution in [0.15, 0.2) is 11.9 Å². The third-order valence-corrected chi connectivity index (χ3v) is 12.2. The zero-order valence-corrected chi connectivity index (χ0v) is 30.6. The molecule has 0 radical (unpaired) electrons. The summed E-state index contributed by atoms with van der Waals surface area (Å²) in [5.74, 6) is 0.553. The minimum atomic E-state index is -0.592. The fraction of sp³-hybridized carbons (Fsp3) is 0.590. The van der Waals surface area contributed by atoms with Crippen LogP contribution in [0.3, 0.4) is 0 Å². The zero-order chi connectivity index (χ0) is 36.4. The molecule has 11 nitrogen and oxygen atoms in total. The van der Waals surface area contributed by atoms with E-state index < -0.39 is 17.7 Å². The highest BCUT2D eigenvalue weighted by molar-refractivity contribution is 6.00. The van der Waals surface area contributed by atoms with Gasteiger partial charge in [0, 0.05) is 67.7 Å². The largest absolute Gasteiger partial charge is 0.401 e. The quantitative estimate of drug-likeness (QED) is 0.295. The number of nitriles is 1. The maximum Gasteiger partial charge on any atom is 0.228 e. The molecule has 7 heterocycles. The number of halogens is 2. The third-order valence-electron chi connectivity index (χ3n) is 12.2.